The van der Waals surface area contributed by atoms with E-state index in [1.54, 1.807) is 14.0 Å². The Morgan fingerprint density at radius 3 is 2.67 bits per heavy atom. The van der Waals surface area contributed by atoms with E-state index in [2.05, 4.69) is 25.9 Å². The highest BCUT2D eigenvalue weighted by molar-refractivity contribution is 9.10. The Bertz CT molecular complexity index is 859. The Morgan fingerprint density at radius 1 is 1.33 bits per heavy atom. The summed E-state index contributed by atoms with van der Waals surface area (Å²) in [5, 5.41) is 0. The van der Waals surface area contributed by atoms with Gasteiger partial charge in [-0.1, -0.05) is 22.0 Å². The van der Waals surface area contributed by atoms with E-state index in [-0.39, 0.29) is 11.8 Å². The quantitative estimate of drug-likeness (QED) is 0.693. The van der Waals surface area contributed by atoms with E-state index in [4.69, 9.17) is 14.7 Å². The van der Waals surface area contributed by atoms with E-state index in [1.165, 1.54) is 6.26 Å². The van der Waals surface area contributed by atoms with Crippen LogP contribution in [0, 0.1) is 6.92 Å². The van der Waals surface area contributed by atoms with Crippen LogP contribution in [0.1, 0.15) is 16.8 Å². The lowest BCUT2D eigenvalue weighted by atomic mass is 10.0. The Labute approximate surface area is 152 Å². The van der Waals surface area contributed by atoms with Gasteiger partial charge in [-0.25, -0.2) is 4.98 Å². The van der Waals surface area contributed by atoms with E-state index in [1.807, 2.05) is 18.2 Å². The number of nitrogen functional groups attached to an aromatic ring is 1. The number of aromatic nitrogens is 2. The lowest BCUT2D eigenvalue weighted by Gasteiger charge is -2.14. The summed E-state index contributed by atoms with van der Waals surface area (Å²) in [5.74, 6) is 0.531. The largest absolute Gasteiger partial charge is 0.496 e. The molecule has 2 aromatic rings. The average Bonchev–Trinajstić information content (AvgIpc) is 2.51. The molecule has 1 aromatic heterocycles. The molecule has 2 rings (SSSR count). The summed E-state index contributed by atoms with van der Waals surface area (Å²) in [6.45, 7) is 1.72. The van der Waals surface area contributed by atoms with E-state index in [0.717, 1.165) is 10.0 Å². The normalized spacial score (nSPS) is 11.3. The third-order valence-electron chi connectivity index (χ3n) is 3.19. The zero-order chi connectivity index (χ0) is 17.9. The van der Waals surface area contributed by atoms with E-state index < -0.39 is 9.15 Å². The molecule has 1 aromatic carbocycles. The Morgan fingerprint density at radius 2 is 2.04 bits per heavy atom. The van der Waals surface area contributed by atoms with Crippen LogP contribution in [0.2, 0.25) is 0 Å². The molecule has 2 N–H and O–H groups in total. The predicted molar refractivity (Wildman–Crippen MR) is 97.7 cm³/mol. The first kappa shape index (κ1) is 18.8. The third-order valence-corrected chi connectivity index (χ3v) is 5.89. The van der Waals surface area contributed by atoms with Crippen LogP contribution >= 0.6 is 26.7 Å². The number of benzene rings is 1. The topological polar surface area (TPSA) is 104 Å². The molecule has 0 radical (unpaired) electrons. The van der Waals surface area contributed by atoms with Crippen LogP contribution in [-0.2, 0) is 15.6 Å². The number of methoxy groups -OCH3 is 1. The number of rotatable bonds is 6. The number of nitrogens with two attached hydrogens (primary N) is 1. The Balaban J connectivity index is 2.50. The van der Waals surface area contributed by atoms with Crippen LogP contribution < -0.4 is 14.7 Å². The van der Waals surface area contributed by atoms with Gasteiger partial charge in [-0.05, 0) is 24.6 Å². The molecular weight excluding hydrogens is 418 g/mol. The highest BCUT2D eigenvalue weighted by Gasteiger charge is 2.20. The molecule has 130 valence electrons. The molecule has 0 saturated carbocycles. The standard InChI is InChI=1S/C14H16BrN3O4S2/c1-8-11(6-9-4-5-10(15)7-12(9)21-2)13(18-14(16)17-8)22-24(19,20)23-3/h4-5,7H,6H2,1-3H3,(H2,16,17,18). The van der Waals surface area contributed by atoms with Crippen LogP contribution in [-0.4, -0.2) is 31.8 Å². The molecule has 10 heteroatoms. The predicted octanol–water partition coefficient (Wildman–Crippen LogP) is 2.72. The molecule has 24 heavy (non-hydrogen) atoms. The summed E-state index contributed by atoms with van der Waals surface area (Å²) in [6, 6.07) is 5.55. The van der Waals surface area contributed by atoms with Gasteiger partial charge in [0.15, 0.2) is 0 Å². The molecular formula is C14H16BrN3O4S2. The van der Waals surface area contributed by atoms with Crippen molar-refractivity contribution in [3.05, 3.63) is 39.5 Å². The van der Waals surface area contributed by atoms with Crippen molar-refractivity contribution in [1.82, 2.24) is 9.97 Å². The minimum atomic E-state index is -3.81. The van der Waals surface area contributed by atoms with Crippen molar-refractivity contribution in [2.75, 3.05) is 19.1 Å². The Hall–Kier alpha value is -1.52. The molecule has 0 aliphatic heterocycles. The molecule has 0 aliphatic rings. The number of anilines is 1. The molecule has 0 amide bonds. The summed E-state index contributed by atoms with van der Waals surface area (Å²) in [7, 11) is -1.67. The second-order valence-electron chi connectivity index (χ2n) is 4.74. The number of ether oxygens (including phenoxy) is 1. The first-order valence-electron chi connectivity index (χ1n) is 6.71. The number of nitrogens with zero attached hydrogens (tertiary/aromatic N) is 2. The number of aryl methyl sites for hydroxylation is 1. The maximum atomic E-state index is 11.8. The fourth-order valence-electron chi connectivity index (χ4n) is 2.05. The van der Waals surface area contributed by atoms with E-state index >= 15 is 0 Å². The lowest BCUT2D eigenvalue weighted by Crippen LogP contribution is -2.11. The lowest BCUT2D eigenvalue weighted by molar-refractivity contribution is 0.410. The summed E-state index contributed by atoms with van der Waals surface area (Å²) in [6.07, 6.45) is 1.74. The van der Waals surface area contributed by atoms with Crippen molar-refractivity contribution in [2.45, 2.75) is 13.3 Å². The van der Waals surface area contributed by atoms with Crippen LogP contribution in [0.5, 0.6) is 11.6 Å². The third kappa shape index (κ3) is 4.52. The van der Waals surface area contributed by atoms with Crippen molar-refractivity contribution in [1.29, 1.82) is 0 Å². The zero-order valence-electron chi connectivity index (χ0n) is 13.2. The van der Waals surface area contributed by atoms with Gasteiger partial charge in [0.2, 0.25) is 11.8 Å². The first-order chi connectivity index (χ1) is 11.3. The summed E-state index contributed by atoms with van der Waals surface area (Å²) in [4.78, 5) is 8.03. The summed E-state index contributed by atoms with van der Waals surface area (Å²) >= 11 is 3.38. The van der Waals surface area contributed by atoms with Crippen molar-refractivity contribution < 1.29 is 17.3 Å². The minimum absolute atomic E-state index is 0.0506. The molecule has 0 spiro atoms. The van der Waals surface area contributed by atoms with Crippen LogP contribution in [0.15, 0.2) is 22.7 Å². The second-order valence-corrected chi connectivity index (χ2v) is 9.20. The summed E-state index contributed by atoms with van der Waals surface area (Å²) in [5.41, 5.74) is 7.53. The van der Waals surface area contributed by atoms with Crippen LogP contribution in [0.25, 0.3) is 0 Å². The molecule has 0 saturated heterocycles. The minimum Gasteiger partial charge on any atom is -0.496 e. The van der Waals surface area contributed by atoms with E-state index in [0.29, 0.717) is 34.2 Å². The van der Waals surface area contributed by atoms with Crippen molar-refractivity contribution in [3.8, 4) is 11.6 Å². The molecule has 7 nitrogen and oxygen atoms in total. The molecule has 0 aliphatic carbocycles. The van der Waals surface area contributed by atoms with Gasteiger partial charge in [-0.3, -0.25) is 0 Å². The highest BCUT2D eigenvalue weighted by Crippen LogP contribution is 2.31. The van der Waals surface area contributed by atoms with E-state index in [9.17, 15) is 8.42 Å². The SMILES string of the molecule is COc1cc(Br)ccc1Cc1c(C)nc(N)nc1OS(=O)(=O)SC. The number of halogens is 1. The van der Waals surface area contributed by atoms with Gasteiger partial charge in [0, 0.05) is 33.5 Å². The summed E-state index contributed by atoms with van der Waals surface area (Å²) < 4.78 is 34.8. The van der Waals surface area contributed by atoms with Gasteiger partial charge in [-0.2, -0.15) is 13.4 Å². The molecule has 0 fully saturated rings. The van der Waals surface area contributed by atoms with Crippen molar-refractivity contribution in [3.63, 3.8) is 0 Å². The van der Waals surface area contributed by atoms with Gasteiger partial charge in [-0.15, -0.1) is 0 Å². The van der Waals surface area contributed by atoms with Crippen molar-refractivity contribution >= 4 is 41.8 Å². The maximum absolute atomic E-state index is 11.8. The van der Waals surface area contributed by atoms with Gasteiger partial charge in [0.25, 0.3) is 0 Å². The second kappa shape index (κ2) is 7.58. The smallest absolute Gasteiger partial charge is 0.367 e. The zero-order valence-corrected chi connectivity index (χ0v) is 16.5. The number of hydrogen-bond acceptors (Lipinski definition) is 8. The van der Waals surface area contributed by atoms with Gasteiger partial charge in [0.1, 0.15) is 5.75 Å². The molecule has 0 unspecified atom stereocenters. The average molecular weight is 434 g/mol. The highest BCUT2D eigenvalue weighted by atomic mass is 79.9. The monoisotopic (exact) mass is 433 g/mol. The van der Waals surface area contributed by atoms with Crippen molar-refractivity contribution in [2.24, 2.45) is 0 Å². The fraction of sp³-hybridized carbons (Fsp3) is 0.286. The molecule has 0 atom stereocenters. The first-order valence-corrected chi connectivity index (χ1v) is 10.7. The maximum Gasteiger partial charge on any atom is 0.367 e. The fourth-order valence-corrected chi connectivity index (χ4v) is 3.19. The van der Waals surface area contributed by atoms with Gasteiger partial charge in [0.05, 0.1) is 12.8 Å². The van der Waals surface area contributed by atoms with Crippen LogP contribution in [0.3, 0.4) is 0 Å². The van der Waals surface area contributed by atoms with Crippen LogP contribution in [0.4, 0.5) is 5.95 Å². The Kier molecular flexibility index (Phi) is 5.94. The van der Waals surface area contributed by atoms with Gasteiger partial charge < -0.3 is 14.7 Å². The molecule has 0 bridgehead atoms. The number of hydrogen-bond donors (Lipinski definition) is 1. The van der Waals surface area contributed by atoms with Gasteiger partial charge >= 0.3 is 9.15 Å². The molecule has 1 heterocycles.